The summed E-state index contributed by atoms with van der Waals surface area (Å²) in [7, 11) is 1.60. The van der Waals surface area contributed by atoms with Crippen molar-refractivity contribution in [2.75, 3.05) is 33.4 Å². The lowest BCUT2D eigenvalue weighted by Crippen LogP contribution is -2.73. The van der Waals surface area contributed by atoms with Crippen molar-refractivity contribution in [3.8, 4) is 11.8 Å². The zero-order chi connectivity index (χ0) is 21.1. The Bertz CT molecular complexity index is 981. The molecule has 7 nitrogen and oxygen atoms in total. The van der Waals surface area contributed by atoms with Crippen LogP contribution in [0, 0.1) is 11.8 Å². The standard InChI is InChI=1S/C23H23N3O4/c1-30-11-3-4-16-6-8-17(9-7-16)22-19-13-25(14-21(28)26(19)20(22)15-27)23(29)18-5-2-10-24-12-18/h2,5-10,12,19-20,22,27H,11,13-15H2,1H3/t19-,20-,22-/m0/s1. The number of amides is 2. The first-order valence-electron chi connectivity index (χ1n) is 9.83. The number of fused-ring (bicyclic) bond motifs is 1. The summed E-state index contributed by atoms with van der Waals surface area (Å²) in [6.07, 6.45) is 3.12. The number of hydrogen-bond acceptors (Lipinski definition) is 5. The van der Waals surface area contributed by atoms with Crippen LogP contribution in [0.15, 0.2) is 48.8 Å². The van der Waals surface area contributed by atoms with Gasteiger partial charge in [0.05, 0.1) is 24.3 Å². The van der Waals surface area contributed by atoms with Gasteiger partial charge in [-0.25, -0.2) is 0 Å². The predicted octanol–water partition coefficient (Wildman–Crippen LogP) is 0.891. The van der Waals surface area contributed by atoms with E-state index < -0.39 is 0 Å². The summed E-state index contributed by atoms with van der Waals surface area (Å²) < 4.78 is 4.94. The van der Waals surface area contributed by atoms with Gasteiger partial charge < -0.3 is 19.6 Å². The SMILES string of the molecule is COCC#Cc1ccc([C@@H]2[C@H](CO)N3C(=O)CN(C(=O)c4cccnc4)C[C@@H]23)cc1. The monoisotopic (exact) mass is 405 g/mol. The second-order valence-corrected chi connectivity index (χ2v) is 7.43. The zero-order valence-electron chi connectivity index (χ0n) is 16.7. The molecule has 1 aromatic heterocycles. The molecule has 2 aromatic rings. The lowest BCUT2D eigenvalue weighted by Gasteiger charge is -2.58. The van der Waals surface area contributed by atoms with Crippen LogP contribution >= 0.6 is 0 Å². The molecule has 154 valence electrons. The molecule has 0 spiro atoms. The number of aliphatic hydroxyl groups is 1. The lowest BCUT2D eigenvalue weighted by molar-refractivity contribution is -0.159. The highest BCUT2D eigenvalue weighted by Crippen LogP contribution is 2.43. The van der Waals surface area contributed by atoms with Gasteiger partial charge in [-0.05, 0) is 29.8 Å². The van der Waals surface area contributed by atoms with Gasteiger partial charge in [0, 0.05) is 37.5 Å². The Morgan fingerprint density at radius 2 is 2.10 bits per heavy atom. The van der Waals surface area contributed by atoms with Gasteiger partial charge in [-0.15, -0.1) is 0 Å². The molecule has 7 heteroatoms. The number of hydrogen-bond donors (Lipinski definition) is 1. The number of methoxy groups -OCH3 is 1. The molecular formula is C23H23N3O4. The molecule has 0 saturated carbocycles. The summed E-state index contributed by atoms with van der Waals surface area (Å²) in [5.41, 5.74) is 2.36. The summed E-state index contributed by atoms with van der Waals surface area (Å²) >= 11 is 0. The summed E-state index contributed by atoms with van der Waals surface area (Å²) in [5, 5.41) is 9.91. The van der Waals surface area contributed by atoms with E-state index in [0.29, 0.717) is 18.7 Å². The average Bonchev–Trinajstić information content (AvgIpc) is 2.76. The number of piperazine rings is 1. The number of aliphatic hydroxyl groups excluding tert-OH is 1. The third-order valence-corrected chi connectivity index (χ3v) is 5.69. The molecule has 1 N–H and O–H groups in total. The van der Waals surface area contributed by atoms with Gasteiger partial charge in [-0.2, -0.15) is 0 Å². The van der Waals surface area contributed by atoms with E-state index in [0.717, 1.165) is 11.1 Å². The van der Waals surface area contributed by atoms with Gasteiger partial charge in [0.1, 0.15) is 13.2 Å². The van der Waals surface area contributed by atoms with Crippen LogP contribution in [0.5, 0.6) is 0 Å². The highest BCUT2D eigenvalue weighted by atomic mass is 16.5. The van der Waals surface area contributed by atoms with E-state index in [4.69, 9.17) is 4.74 Å². The van der Waals surface area contributed by atoms with Crippen LogP contribution in [-0.4, -0.2) is 77.2 Å². The number of benzene rings is 1. The fourth-order valence-corrected chi connectivity index (χ4v) is 4.33. The number of ether oxygens (including phenoxy) is 1. The molecule has 2 saturated heterocycles. The van der Waals surface area contributed by atoms with E-state index in [2.05, 4.69) is 16.8 Å². The van der Waals surface area contributed by atoms with Crippen molar-refractivity contribution in [3.63, 3.8) is 0 Å². The van der Waals surface area contributed by atoms with Crippen molar-refractivity contribution in [3.05, 3.63) is 65.5 Å². The number of aromatic nitrogens is 1. The minimum absolute atomic E-state index is 0.0154. The predicted molar refractivity (Wildman–Crippen MR) is 110 cm³/mol. The van der Waals surface area contributed by atoms with E-state index >= 15 is 0 Å². The minimum Gasteiger partial charge on any atom is -0.394 e. The molecule has 1 aromatic carbocycles. The average molecular weight is 405 g/mol. The lowest BCUT2D eigenvalue weighted by atomic mass is 9.73. The molecule has 2 aliphatic rings. The third-order valence-electron chi connectivity index (χ3n) is 5.69. The molecule has 3 atom stereocenters. The minimum atomic E-state index is -0.274. The van der Waals surface area contributed by atoms with Gasteiger partial charge in [0.25, 0.3) is 5.91 Å². The van der Waals surface area contributed by atoms with Gasteiger partial charge in [0.2, 0.25) is 5.91 Å². The molecular weight excluding hydrogens is 382 g/mol. The Hall–Kier alpha value is -3.21. The summed E-state index contributed by atoms with van der Waals surface area (Å²) in [6.45, 7) is 0.702. The van der Waals surface area contributed by atoms with Crippen LogP contribution in [0.1, 0.15) is 27.4 Å². The molecule has 2 aliphatic heterocycles. The third kappa shape index (κ3) is 3.67. The van der Waals surface area contributed by atoms with Crippen molar-refractivity contribution in [2.24, 2.45) is 0 Å². The Kier molecular flexibility index (Phi) is 5.79. The molecule has 2 amide bonds. The van der Waals surface area contributed by atoms with Gasteiger partial charge in [0.15, 0.2) is 0 Å². The van der Waals surface area contributed by atoms with E-state index in [1.165, 1.54) is 6.20 Å². The molecule has 4 rings (SSSR count). The van der Waals surface area contributed by atoms with Gasteiger partial charge in [-0.3, -0.25) is 14.6 Å². The fraction of sp³-hybridized carbons (Fsp3) is 0.348. The van der Waals surface area contributed by atoms with Crippen LogP contribution in [0.25, 0.3) is 0 Å². The number of nitrogens with zero attached hydrogens (tertiary/aromatic N) is 3. The molecule has 0 bridgehead atoms. The van der Waals surface area contributed by atoms with Crippen molar-refractivity contribution in [2.45, 2.75) is 18.0 Å². The van der Waals surface area contributed by atoms with Gasteiger partial charge in [-0.1, -0.05) is 24.0 Å². The Morgan fingerprint density at radius 1 is 1.30 bits per heavy atom. The molecule has 30 heavy (non-hydrogen) atoms. The van der Waals surface area contributed by atoms with E-state index in [9.17, 15) is 14.7 Å². The zero-order valence-corrected chi connectivity index (χ0v) is 16.7. The molecule has 3 heterocycles. The summed E-state index contributed by atoms with van der Waals surface area (Å²) in [4.78, 5) is 32.8. The Labute approximate surface area is 175 Å². The Balaban J connectivity index is 1.54. The highest BCUT2D eigenvalue weighted by Gasteiger charge is 2.54. The van der Waals surface area contributed by atoms with Crippen molar-refractivity contribution in [1.82, 2.24) is 14.8 Å². The maximum absolute atomic E-state index is 12.8. The molecule has 2 fully saturated rings. The fourth-order valence-electron chi connectivity index (χ4n) is 4.33. The summed E-state index contributed by atoms with van der Waals surface area (Å²) in [6, 6.07) is 10.8. The first-order valence-corrected chi connectivity index (χ1v) is 9.83. The van der Waals surface area contributed by atoms with Gasteiger partial charge >= 0.3 is 0 Å². The number of pyridine rings is 1. The quantitative estimate of drug-likeness (QED) is 0.764. The van der Waals surface area contributed by atoms with E-state index in [-0.39, 0.29) is 43.0 Å². The van der Waals surface area contributed by atoms with Crippen molar-refractivity contribution >= 4 is 11.8 Å². The van der Waals surface area contributed by atoms with Crippen LogP contribution in [0.3, 0.4) is 0 Å². The first kappa shape index (κ1) is 20.1. The maximum Gasteiger partial charge on any atom is 0.255 e. The highest BCUT2D eigenvalue weighted by molar-refractivity contribution is 5.97. The van der Waals surface area contributed by atoms with Crippen LogP contribution in [0.2, 0.25) is 0 Å². The largest absolute Gasteiger partial charge is 0.394 e. The van der Waals surface area contributed by atoms with E-state index in [1.807, 2.05) is 24.3 Å². The van der Waals surface area contributed by atoms with E-state index in [1.54, 1.807) is 35.2 Å². The number of carbonyl (C=O) groups is 2. The number of rotatable bonds is 4. The van der Waals surface area contributed by atoms with Crippen LogP contribution < -0.4 is 0 Å². The topological polar surface area (TPSA) is 83.0 Å². The number of carbonyl (C=O) groups excluding carboxylic acids is 2. The first-order chi connectivity index (χ1) is 14.6. The van der Waals surface area contributed by atoms with Crippen molar-refractivity contribution in [1.29, 1.82) is 0 Å². The van der Waals surface area contributed by atoms with Crippen LogP contribution in [0.4, 0.5) is 0 Å². The van der Waals surface area contributed by atoms with Crippen LogP contribution in [-0.2, 0) is 9.53 Å². The second-order valence-electron chi connectivity index (χ2n) is 7.43. The Morgan fingerprint density at radius 3 is 2.77 bits per heavy atom. The second kappa shape index (κ2) is 8.66. The molecule has 0 aliphatic carbocycles. The van der Waals surface area contributed by atoms with Crippen molar-refractivity contribution < 1.29 is 19.4 Å². The molecule has 0 radical (unpaired) electrons. The maximum atomic E-state index is 12.8. The smallest absolute Gasteiger partial charge is 0.255 e. The molecule has 0 unspecified atom stereocenters. The normalized spacial score (nSPS) is 22.6. The summed E-state index contributed by atoms with van der Waals surface area (Å²) in [5.74, 6) is 5.57.